The lowest BCUT2D eigenvalue weighted by molar-refractivity contribution is -0.149. The summed E-state index contributed by atoms with van der Waals surface area (Å²) >= 11 is 13.7. The maximum Gasteiger partial charge on any atom is 0.309 e. The van der Waals surface area contributed by atoms with Crippen LogP contribution in [0.2, 0.25) is 10.0 Å². The summed E-state index contributed by atoms with van der Waals surface area (Å²) in [5.74, 6) is -0.00848. The van der Waals surface area contributed by atoms with Gasteiger partial charge in [-0.15, -0.1) is 0 Å². The molecule has 0 spiro atoms. The maximum atomic E-state index is 12.9. The highest BCUT2D eigenvalue weighted by atomic mass is 35.5. The third kappa shape index (κ3) is 7.00. The molecule has 0 saturated carbocycles. The van der Waals surface area contributed by atoms with Crippen LogP contribution in [0.1, 0.15) is 35.7 Å². The Balaban J connectivity index is 1.37. The summed E-state index contributed by atoms with van der Waals surface area (Å²) in [6.07, 6.45) is 4.57. The number of carbonyl (C=O) groups is 2. The molecule has 1 aliphatic heterocycles. The Bertz CT molecular complexity index is 1790. The van der Waals surface area contributed by atoms with E-state index >= 15 is 0 Å². The highest BCUT2D eigenvalue weighted by Crippen LogP contribution is 2.41. The van der Waals surface area contributed by atoms with Crippen LogP contribution in [0, 0.1) is 5.92 Å². The number of benzene rings is 2. The Labute approximate surface area is 270 Å². The Morgan fingerprint density at radius 3 is 2.42 bits per heavy atom. The molecule has 4 aromatic rings. The molecule has 0 aliphatic carbocycles. The molecule has 3 heterocycles. The third-order valence-corrected chi connectivity index (χ3v) is 8.46. The topological polar surface area (TPSA) is 129 Å². The first-order chi connectivity index (χ1) is 21.7. The molecule has 0 unspecified atom stereocenters. The second kappa shape index (κ2) is 14.2. The zero-order chi connectivity index (χ0) is 32.1. The summed E-state index contributed by atoms with van der Waals surface area (Å²) in [4.78, 5) is 48.9. The lowest BCUT2D eigenvalue weighted by Gasteiger charge is -2.30. The van der Waals surface area contributed by atoms with Crippen LogP contribution < -0.4 is 15.6 Å². The van der Waals surface area contributed by atoms with E-state index in [1.165, 1.54) is 19.3 Å². The fraction of sp³-hybridized carbons (Fsp3) is 0.312. The number of methoxy groups -OCH3 is 1. The monoisotopic (exact) mass is 650 g/mol. The fourth-order valence-electron chi connectivity index (χ4n) is 5.25. The van der Waals surface area contributed by atoms with Crippen molar-refractivity contribution in [1.82, 2.24) is 24.6 Å². The van der Waals surface area contributed by atoms with Gasteiger partial charge in [-0.2, -0.15) is 10.1 Å². The van der Waals surface area contributed by atoms with Crippen LogP contribution >= 0.6 is 23.2 Å². The number of likely N-dealkylation sites (tertiary alicyclic amines) is 1. The van der Waals surface area contributed by atoms with Crippen molar-refractivity contribution < 1.29 is 19.1 Å². The van der Waals surface area contributed by atoms with Crippen molar-refractivity contribution in [2.75, 3.05) is 32.1 Å². The van der Waals surface area contributed by atoms with Crippen LogP contribution in [0.3, 0.4) is 0 Å². The van der Waals surface area contributed by atoms with Gasteiger partial charge in [-0.3, -0.25) is 19.3 Å². The first-order valence-corrected chi connectivity index (χ1v) is 15.2. The summed E-state index contributed by atoms with van der Waals surface area (Å²) in [5.41, 5.74) is 2.28. The molecule has 2 aromatic heterocycles. The molecule has 234 valence electrons. The van der Waals surface area contributed by atoms with E-state index in [4.69, 9.17) is 32.7 Å². The van der Waals surface area contributed by atoms with Crippen LogP contribution in [0.5, 0.6) is 5.88 Å². The summed E-state index contributed by atoms with van der Waals surface area (Å²) in [6.45, 7) is 4.29. The minimum Gasteiger partial charge on any atom is -0.481 e. The average Bonchev–Trinajstić information content (AvgIpc) is 3.04. The Morgan fingerprint density at radius 2 is 1.71 bits per heavy atom. The van der Waals surface area contributed by atoms with Gasteiger partial charge in [0.05, 0.1) is 35.4 Å². The number of rotatable bonds is 9. The number of halogens is 2. The number of carbonyl (C=O) groups excluding carboxylic acids is 2. The minimum absolute atomic E-state index is 0.0651. The molecule has 0 bridgehead atoms. The molecular formula is C32H32Cl2N6O5. The Hall–Kier alpha value is -4.32. The molecule has 1 aliphatic rings. The zero-order valence-electron chi connectivity index (χ0n) is 25.0. The average molecular weight is 652 g/mol. The van der Waals surface area contributed by atoms with E-state index in [0.29, 0.717) is 52.3 Å². The second-order valence-corrected chi connectivity index (χ2v) is 11.2. The number of aromatic nitrogens is 4. The van der Waals surface area contributed by atoms with Crippen LogP contribution in [0.4, 0.5) is 5.69 Å². The molecule has 0 radical (unpaired) electrons. The first-order valence-electron chi connectivity index (χ1n) is 14.4. The van der Waals surface area contributed by atoms with Crippen molar-refractivity contribution in [1.29, 1.82) is 0 Å². The number of esters is 1. The highest BCUT2D eigenvalue weighted by molar-refractivity contribution is 6.39. The van der Waals surface area contributed by atoms with Gasteiger partial charge in [0.25, 0.3) is 11.5 Å². The van der Waals surface area contributed by atoms with Crippen molar-refractivity contribution in [3.8, 4) is 28.4 Å². The Kier molecular flexibility index (Phi) is 10.1. The molecule has 1 saturated heterocycles. The van der Waals surface area contributed by atoms with Crippen LogP contribution in [0.15, 0.2) is 59.7 Å². The lowest BCUT2D eigenvalue weighted by Crippen LogP contribution is -2.36. The standard InChI is InChI=1S/C32H32Cl2N6O5/c1-4-45-32(43)19-12-15-40(16-13-19)18-20-17-35-28(38-30(20)44-3)23-9-5-7-21(26(23)33)22-8-6-10-25(27(22)34)37-29(41)24-11-14-36-39(2)31(24)42/h5-11,14,17,19H,4,12-13,15-16,18H2,1-3H3,(H,37,41). The number of nitrogens with one attached hydrogen (secondary N) is 1. The van der Waals surface area contributed by atoms with Crippen LogP contribution in [0.25, 0.3) is 22.5 Å². The predicted molar refractivity (Wildman–Crippen MR) is 172 cm³/mol. The molecule has 0 atom stereocenters. The summed E-state index contributed by atoms with van der Waals surface area (Å²) in [7, 11) is 3.02. The van der Waals surface area contributed by atoms with Gasteiger partial charge in [0.2, 0.25) is 5.88 Å². The number of nitrogens with zero attached hydrogens (tertiary/aromatic N) is 5. The van der Waals surface area contributed by atoms with Gasteiger partial charge >= 0.3 is 5.97 Å². The van der Waals surface area contributed by atoms with E-state index in [-0.39, 0.29) is 22.5 Å². The number of ether oxygens (including phenoxy) is 2. The van der Waals surface area contributed by atoms with Crippen molar-refractivity contribution in [3.63, 3.8) is 0 Å². The van der Waals surface area contributed by atoms with Crippen molar-refractivity contribution >= 4 is 40.8 Å². The number of amides is 1. The molecule has 13 heteroatoms. The fourth-order valence-corrected chi connectivity index (χ4v) is 5.84. The molecule has 2 aromatic carbocycles. The van der Waals surface area contributed by atoms with E-state index in [9.17, 15) is 14.4 Å². The number of aryl methyl sites for hydroxylation is 1. The molecule has 1 amide bonds. The summed E-state index contributed by atoms with van der Waals surface area (Å²) in [6, 6.07) is 11.9. The van der Waals surface area contributed by atoms with E-state index in [1.807, 2.05) is 19.1 Å². The van der Waals surface area contributed by atoms with Gasteiger partial charge in [-0.25, -0.2) is 9.67 Å². The van der Waals surface area contributed by atoms with Crippen molar-refractivity contribution in [2.45, 2.75) is 26.3 Å². The predicted octanol–water partition coefficient (Wildman–Crippen LogP) is 5.25. The quantitative estimate of drug-likeness (QED) is 0.242. The number of hydrogen-bond acceptors (Lipinski definition) is 9. The number of anilines is 1. The SMILES string of the molecule is CCOC(=O)C1CCN(Cc2cnc(-c3cccc(-c4cccc(NC(=O)c5ccnn(C)c5=O)c4Cl)c3Cl)nc2OC)CC1. The largest absolute Gasteiger partial charge is 0.481 e. The molecule has 45 heavy (non-hydrogen) atoms. The second-order valence-electron chi connectivity index (χ2n) is 10.5. The van der Waals surface area contributed by atoms with Crippen molar-refractivity contribution in [3.05, 3.63) is 86.4 Å². The van der Waals surface area contributed by atoms with Gasteiger partial charge in [0.15, 0.2) is 5.82 Å². The smallest absolute Gasteiger partial charge is 0.309 e. The Morgan fingerprint density at radius 1 is 1.02 bits per heavy atom. The van der Waals surface area contributed by atoms with Gasteiger partial charge in [-0.1, -0.05) is 47.5 Å². The number of hydrogen-bond donors (Lipinski definition) is 1. The molecule has 1 N–H and O–H groups in total. The van der Waals surface area contributed by atoms with Crippen molar-refractivity contribution in [2.24, 2.45) is 13.0 Å². The normalized spacial score (nSPS) is 13.8. The van der Waals surface area contributed by atoms with E-state index in [2.05, 4.69) is 25.3 Å². The zero-order valence-corrected chi connectivity index (χ0v) is 26.6. The van der Waals surface area contributed by atoms with E-state index in [1.54, 1.807) is 37.6 Å². The minimum atomic E-state index is -0.610. The lowest BCUT2D eigenvalue weighted by atomic mass is 9.97. The third-order valence-electron chi connectivity index (χ3n) is 7.65. The number of piperidine rings is 1. The molecule has 5 rings (SSSR count). The molecule has 11 nitrogen and oxygen atoms in total. The van der Waals surface area contributed by atoms with Crippen LogP contribution in [-0.2, 0) is 23.1 Å². The van der Waals surface area contributed by atoms with E-state index in [0.717, 1.165) is 36.2 Å². The molecular weight excluding hydrogens is 619 g/mol. The van der Waals surface area contributed by atoms with Gasteiger partial charge in [0, 0.05) is 48.2 Å². The summed E-state index contributed by atoms with van der Waals surface area (Å²) < 4.78 is 11.9. The summed E-state index contributed by atoms with van der Waals surface area (Å²) in [5, 5.41) is 7.17. The first kappa shape index (κ1) is 32.1. The highest BCUT2D eigenvalue weighted by Gasteiger charge is 2.27. The van der Waals surface area contributed by atoms with Gasteiger partial charge < -0.3 is 14.8 Å². The van der Waals surface area contributed by atoms with Gasteiger partial charge in [-0.05, 0) is 51.1 Å². The van der Waals surface area contributed by atoms with Crippen LogP contribution in [-0.4, -0.2) is 63.3 Å². The van der Waals surface area contributed by atoms with Gasteiger partial charge in [0.1, 0.15) is 5.56 Å². The maximum absolute atomic E-state index is 12.9. The molecule has 1 fully saturated rings. The van der Waals surface area contributed by atoms with E-state index < -0.39 is 11.5 Å².